The summed E-state index contributed by atoms with van der Waals surface area (Å²) < 4.78 is 4.76. The molecule has 0 aliphatic rings. The number of ether oxygens (including phenoxy) is 1. The Morgan fingerprint density at radius 3 is 2.57 bits per heavy atom. The molecule has 0 aliphatic carbocycles. The van der Waals surface area contributed by atoms with E-state index in [0.717, 1.165) is 12.3 Å². The minimum absolute atomic E-state index is 0.213. The van der Waals surface area contributed by atoms with Gasteiger partial charge in [0.05, 0.1) is 0 Å². The fourth-order valence-corrected chi connectivity index (χ4v) is 1.17. The van der Waals surface area contributed by atoms with E-state index in [1.165, 1.54) is 26.2 Å². The van der Waals surface area contributed by atoms with Crippen molar-refractivity contribution < 1.29 is 9.53 Å². The van der Waals surface area contributed by atoms with Crippen LogP contribution >= 0.6 is 0 Å². The number of hydrogen-bond donors (Lipinski definition) is 0. The molecule has 0 aliphatic heterocycles. The van der Waals surface area contributed by atoms with Crippen molar-refractivity contribution in [1.82, 2.24) is 0 Å². The maximum atomic E-state index is 10.4. The van der Waals surface area contributed by atoms with Crippen molar-refractivity contribution in [3.8, 4) is 0 Å². The van der Waals surface area contributed by atoms with E-state index >= 15 is 0 Å². The molecule has 0 radical (unpaired) electrons. The summed E-state index contributed by atoms with van der Waals surface area (Å²) in [4.78, 5) is 10.4. The Morgan fingerprint density at radius 2 is 2.00 bits per heavy atom. The maximum absolute atomic E-state index is 10.4. The van der Waals surface area contributed by atoms with Gasteiger partial charge in [-0.1, -0.05) is 38.8 Å². The van der Waals surface area contributed by atoms with E-state index in [9.17, 15) is 4.79 Å². The molecule has 0 aromatic heterocycles. The smallest absolute Gasteiger partial charge is 0.302 e. The number of allylic oxidation sites excluding steroid dienone is 1. The number of hydrogen-bond acceptors (Lipinski definition) is 2. The van der Waals surface area contributed by atoms with Crippen molar-refractivity contribution in [3.63, 3.8) is 0 Å². The normalized spacial score (nSPS) is 11.1. The molecule has 2 nitrogen and oxygen atoms in total. The van der Waals surface area contributed by atoms with Crippen LogP contribution in [0.4, 0.5) is 0 Å². The molecule has 0 heterocycles. The van der Waals surface area contributed by atoms with Gasteiger partial charge in [0.1, 0.15) is 6.61 Å². The number of carbonyl (C=O) groups is 1. The van der Waals surface area contributed by atoms with Crippen LogP contribution in [0.5, 0.6) is 0 Å². The first-order valence-electron chi connectivity index (χ1n) is 5.41. The van der Waals surface area contributed by atoms with Crippen LogP contribution in [0, 0.1) is 5.92 Å². The summed E-state index contributed by atoms with van der Waals surface area (Å²) in [6, 6.07) is 0. The van der Waals surface area contributed by atoms with Crippen molar-refractivity contribution in [2.45, 2.75) is 46.5 Å². The molecule has 0 saturated heterocycles. The Bertz CT molecular complexity index is 171. The van der Waals surface area contributed by atoms with Gasteiger partial charge in [0.2, 0.25) is 0 Å². The lowest BCUT2D eigenvalue weighted by molar-refractivity contribution is -0.139. The zero-order chi connectivity index (χ0) is 10.8. The highest BCUT2D eigenvalue weighted by Gasteiger charge is 1.92. The predicted octanol–water partition coefficient (Wildman–Crippen LogP) is 3.32. The van der Waals surface area contributed by atoms with Gasteiger partial charge in [0.15, 0.2) is 0 Å². The molecule has 0 N–H and O–H groups in total. The van der Waals surface area contributed by atoms with Gasteiger partial charge in [0, 0.05) is 6.92 Å². The van der Waals surface area contributed by atoms with Crippen molar-refractivity contribution in [2.75, 3.05) is 6.61 Å². The molecule has 0 unspecified atom stereocenters. The lowest BCUT2D eigenvalue weighted by atomic mass is 10.1. The zero-order valence-corrected chi connectivity index (χ0v) is 9.58. The summed E-state index contributed by atoms with van der Waals surface area (Å²) in [6.07, 6.45) is 8.91. The van der Waals surface area contributed by atoms with Gasteiger partial charge in [-0.2, -0.15) is 0 Å². The van der Waals surface area contributed by atoms with Crippen molar-refractivity contribution in [3.05, 3.63) is 12.2 Å². The Labute approximate surface area is 87.3 Å². The number of carbonyl (C=O) groups excluding carboxylic acids is 1. The van der Waals surface area contributed by atoms with E-state index in [4.69, 9.17) is 4.74 Å². The summed E-state index contributed by atoms with van der Waals surface area (Å²) in [6.45, 7) is 6.34. The van der Waals surface area contributed by atoms with Crippen LogP contribution in [-0.2, 0) is 9.53 Å². The minimum Gasteiger partial charge on any atom is -0.462 e. The van der Waals surface area contributed by atoms with Gasteiger partial charge in [-0.15, -0.1) is 0 Å². The van der Waals surface area contributed by atoms with Crippen LogP contribution in [0.25, 0.3) is 0 Å². The van der Waals surface area contributed by atoms with E-state index in [0.29, 0.717) is 6.61 Å². The zero-order valence-electron chi connectivity index (χ0n) is 9.58. The average Bonchev–Trinajstić information content (AvgIpc) is 2.08. The molecule has 0 fully saturated rings. The third kappa shape index (κ3) is 11.2. The molecule has 14 heavy (non-hydrogen) atoms. The molecule has 0 aromatic carbocycles. The van der Waals surface area contributed by atoms with Gasteiger partial charge < -0.3 is 4.74 Å². The fourth-order valence-electron chi connectivity index (χ4n) is 1.17. The maximum Gasteiger partial charge on any atom is 0.302 e. The van der Waals surface area contributed by atoms with Gasteiger partial charge in [-0.3, -0.25) is 4.79 Å². The minimum atomic E-state index is -0.213. The van der Waals surface area contributed by atoms with E-state index in [2.05, 4.69) is 19.9 Å². The van der Waals surface area contributed by atoms with Gasteiger partial charge >= 0.3 is 5.97 Å². The van der Waals surface area contributed by atoms with Crippen molar-refractivity contribution in [2.24, 2.45) is 5.92 Å². The van der Waals surface area contributed by atoms with Crippen LogP contribution in [0.3, 0.4) is 0 Å². The second-order valence-electron chi connectivity index (χ2n) is 3.95. The van der Waals surface area contributed by atoms with Crippen molar-refractivity contribution >= 4 is 5.97 Å². The van der Waals surface area contributed by atoms with Crippen LogP contribution in [-0.4, -0.2) is 12.6 Å². The predicted molar refractivity (Wildman–Crippen MR) is 59.1 cm³/mol. The van der Waals surface area contributed by atoms with Crippen LogP contribution < -0.4 is 0 Å². The van der Waals surface area contributed by atoms with E-state index in [1.54, 1.807) is 0 Å². The van der Waals surface area contributed by atoms with E-state index in [1.807, 2.05) is 6.08 Å². The van der Waals surface area contributed by atoms with Crippen molar-refractivity contribution in [1.29, 1.82) is 0 Å². The molecule has 0 aromatic rings. The number of unbranched alkanes of at least 4 members (excludes halogenated alkanes) is 2. The Balaban J connectivity index is 3.15. The summed E-state index contributed by atoms with van der Waals surface area (Å²) >= 11 is 0. The highest BCUT2D eigenvalue weighted by atomic mass is 16.5. The van der Waals surface area contributed by atoms with Gasteiger partial charge in [0.25, 0.3) is 0 Å². The quantitative estimate of drug-likeness (QED) is 0.356. The molecular formula is C12H22O2. The summed E-state index contributed by atoms with van der Waals surface area (Å²) in [7, 11) is 0. The SMILES string of the molecule is CC(=O)OC/C=C\CCCCC(C)C. The summed E-state index contributed by atoms with van der Waals surface area (Å²) in [5.74, 6) is 0.592. The molecule has 0 bridgehead atoms. The molecular weight excluding hydrogens is 176 g/mol. The first-order chi connectivity index (χ1) is 6.63. The van der Waals surface area contributed by atoms with Gasteiger partial charge in [-0.25, -0.2) is 0 Å². The molecule has 82 valence electrons. The molecule has 0 saturated carbocycles. The molecule has 2 heteroatoms. The second-order valence-corrected chi connectivity index (χ2v) is 3.95. The molecule has 0 rings (SSSR count). The largest absolute Gasteiger partial charge is 0.462 e. The topological polar surface area (TPSA) is 26.3 Å². The number of esters is 1. The summed E-state index contributed by atoms with van der Waals surface area (Å²) in [5.41, 5.74) is 0. The first-order valence-corrected chi connectivity index (χ1v) is 5.41. The van der Waals surface area contributed by atoms with Crippen LogP contribution in [0.2, 0.25) is 0 Å². The monoisotopic (exact) mass is 198 g/mol. The summed E-state index contributed by atoms with van der Waals surface area (Å²) in [5, 5.41) is 0. The third-order valence-electron chi connectivity index (χ3n) is 1.95. The Hall–Kier alpha value is -0.790. The van der Waals surface area contributed by atoms with E-state index < -0.39 is 0 Å². The van der Waals surface area contributed by atoms with Crippen LogP contribution in [0.15, 0.2) is 12.2 Å². The number of rotatable bonds is 7. The van der Waals surface area contributed by atoms with Gasteiger partial charge in [-0.05, 0) is 18.8 Å². The average molecular weight is 198 g/mol. The van der Waals surface area contributed by atoms with Crippen LogP contribution in [0.1, 0.15) is 46.5 Å². The lowest BCUT2D eigenvalue weighted by Gasteiger charge is -2.01. The molecule has 0 amide bonds. The van der Waals surface area contributed by atoms with E-state index in [-0.39, 0.29) is 5.97 Å². The molecule has 0 atom stereocenters. The first kappa shape index (κ1) is 13.2. The molecule has 0 spiro atoms. The fraction of sp³-hybridized carbons (Fsp3) is 0.750. The Kier molecular flexibility index (Phi) is 8.30. The second kappa shape index (κ2) is 8.79. The highest BCUT2D eigenvalue weighted by molar-refractivity contribution is 5.65. The lowest BCUT2D eigenvalue weighted by Crippen LogP contribution is -1.97. The third-order valence-corrected chi connectivity index (χ3v) is 1.95. The highest BCUT2D eigenvalue weighted by Crippen LogP contribution is 2.08. The Morgan fingerprint density at radius 1 is 1.29 bits per heavy atom. The standard InChI is InChI=1S/C12H22O2/c1-11(2)9-7-5-4-6-8-10-14-12(3)13/h6,8,11H,4-5,7,9-10H2,1-3H3/b8-6-.